The van der Waals surface area contributed by atoms with Crippen LogP contribution in [0, 0.1) is 16.0 Å². The van der Waals surface area contributed by atoms with Crippen molar-refractivity contribution < 1.29 is 9.72 Å². The summed E-state index contributed by atoms with van der Waals surface area (Å²) in [6.45, 7) is 6.58. The molecule has 0 spiro atoms. The van der Waals surface area contributed by atoms with Gasteiger partial charge in [-0.2, -0.15) is 0 Å². The topological polar surface area (TPSA) is 91.6 Å². The molecule has 0 unspecified atom stereocenters. The predicted octanol–water partition coefficient (Wildman–Crippen LogP) is 1.81. The maximum atomic E-state index is 12.5. The fourth-order valence-electron chi connectivity index (χ4n) is 3.95. The maximum Gasteiger partial charge on any atom is 0.287 e. The van der Waals surface area contributed by atoms with Crippen molar-refractivity contribution in [2.24, 2.45) is 5.92 Å². The second kappa shape index (κ2) is 8.44. The summed E-state index contributed by atoms with van der Waals surface area (Å²) in [7, 11) is 0. The molecule has 1 atom stereocenters. The predicted molar refractivity (Wildman–Crippen MR) is 99.1 cm³/mol. The number of piperidine rings is 1. The van der Waals surface area contributed by atoms with Gasteiger partial charge in [-0.3, -0.25) is 19.8 Å². The van der Waals surface area contributed by atoms with Gasteiger partial charge in [0.05, 0.1) is 4.92 Å². The number of likely N-dealkylation sites (N-methyl/N-ethyl adjacent to an activating group) is 1. The zero-order chi connectivity index (χ0) is 18.5. The molecule has 0 aliphatic carbocycles. The third-order valence-electron chi connectivity index (χ3n) is 5.55. The Bertz CT molecular complexity index is 628. The standard InChI is InChI=1S/C18H27N5O3/c1-2-21-9-3-4-15(21)12-20-18(24)14-7-10-22(11-8-14)17-6-5-16(13-19-17)23(25)26/h5-6,13-15H,2-4,7-12H2,1H3,(H,20,24)/t15-/m0/s1. The summed E-state index contributed by atoms with van der Waals surface area (Å²) in [4.78, 5) is 31.4. The minimum absolute atomic E-state index is 0.00366. The van der Waals surface area contributed by atoms with Crippen LogP contribution in [0.3, 0.4) is 0 Å². The van der Waals surface area contributed by atoms with E-state index in [1.807, 2.05) is 0 Å². The molecule has 2 fully saturated rings. The van der Waals surface area contributed by atoms with Gasteiger partial charge in [0.15, 0.2) is 0 Å². The number of rotatable bonds is 6. The number of aromatic nitrogens is 1. The summed E-state index contributed by atoms with van der Waals surface area (Å²) in [6.07, 6.45) is 5.24. The Hall–Kier alpha value is -2.22. The summed E-state index contributed by atoms with van der Waals surface area (Å²) in [5, 5.41) is 13.9. The molecule has 1 aromatic rings. The largest absolute Gasteiger partial charge is 0.357 e. The molecule has 2 saturated heterocycles. The fraction of sp³-hybridized carbons (Fsp3) is 0.667. The van der Waals surface area contributed by atoms with Crippen LogP contribution in [-0.4, -0.2) is 59.5 Å². The lowest BCUT2D eigenvalue weighted by Crippen LogP contribution is -2.45. The van der Waals surface area contributed by atoms with Crippen molar-refractivity contribution in [3.8, 4) is 0 Å². The van der Waals surface area contributed by atoms with Crippen molar-refractivity contribution in [3.05, 3.63) is 28.4 Å². The molecule has 1 aromatic heterocycles. The molecular weight excluding hydrogens is 334 g/mol. The SMILES string of the molecule is CCN1CCC[C@H]1CNC(=O)C1CCN(c2ccc([N+](=O)[O-])cn2)CC1. The number of pyridine rings is 1. The minimum Gasteiger partial charge on any atom is -0.357 e. The van der Waals surface area contributed by atoms with Crippen molar-refractivity contribution in [2.75, 3.05) is 37.6 Å². The van der Waals surface area contributed by atoms with E-state index in [1.165, 1.54) is 25.1 Å². The first kappa shape index (κ1) is 18.6. The van der Waals surface area contributed by atoms with Gasteiger partial charge in [-0.25, -0.2) is 4.98 Å². The van der Waals surface area contributed by atoms with Crippen LogP contribution in [0.15, 0.2) is 18.3 Å². The van der Waals surface area contributed by atoms with Crippen molar-refractivity contribution >= 4 is 17.4 Å². The maximum absolute atomic E-state index is 12.5. The highest BCUT2D eigenvalue weighted by atomic mass is 16.6. The Labute approximate surface area is 153 Å². The Morgan fingerprint density at radius 1 is 1.31 bits per heavy atom. The highest BCUT2D eigenvalue weighted by molar-refractivity contribution is 5.79. The van der Waals surface area contributed by atoms with E-state index in [2.05, 4.69) is 27.0 Å². The van der Waals surface area contributed by atoms with Crippen LogP contribution in [0.1, 0.15) is 32.6 Å². The summed E-state index contributed by atoms with van der Waals surface area (Å²) in [6, 6.07) is 3.63. The second-order valence-electron chi connectivity index (χ2n) is 7.06. The molecular formula is C18H27N5O3. The van der Waals surface area contributed by atoms with E-state index < -0.39 is 4.92 Å². The molecule has 2 aliphatic rings. The van der Waals surface area contributed by atoms with Crippen LogP contribution in [0.2, 0.25) is 0 Å². The highest BCUT2D eigenvalue weighted by Gasteiger charge is 2.28. The van der Waals surface area contributed by atoms with Crippen molar-refractivity contribution in [2.45, 2.75) is 38.6 Å². The summed E-state index contributed by atoms with van der Waals surface area (Å²) in [5.74, 6) is 0.934. The number of nitrogens with one attached hydrogen (secondary N) is 1. The van der Waals surface area contributed by atoms with Crippen LogP contribution in [0.25, 0.3) is 0 Å². The van der Waals surface area contributed by atoms with Gasteiger partial charge in [0.25, 0.3) is 5.69 Å². The van der Waals surface area contributed by atoms with Crippen LogP contribution in [0.4, 0.5) is 11.5 Å². The number of likely N-dealkylation sites (tertiary alicyclic amines) is 1. The molecule has 3 heterocycles. The van der Waals surface area contributed by atoms with E-state index in [4.69, 9.17) is 0 Å². The first-order valence-corrected chi connectivity index (χ1v) is 9.45. The Balaban J connectivity index is 1.45. The van der Waals surface area contributed by atoms with Crippen LogP contribution >= 0.6 is 0 Å². The molecule has 2 aliphatic heterocycles. The normalized spacial score (nSPS) is 21.7. The van der Waals surface area contributed by atoms with Gasteiger partial charge in [0.2, 0.25) is 5.91 Å². The third kappa shape index (κ3) is 4.30. The van der Waals surface area contributed by atoms with Gasteiger partial charge in [-0.05, 0) is 44.8 Å². The molecule has 3 rings (SSSR count). The third-order valence-corrected chi connectivity index (χ3v) is 5.55. The summed E-state index contributed by atoms with van der Waals surface area (Å²) >= 11 is 0. The van der Waals surface area contributed by atoms with Crippen molar-refractivity contribution in [1.82, 2.24) is 15.2 Å². The van der Waals surface area contributed by atoms with Crippen molar-refractivity contribution in [3.63, 3.8) is 0 Å². The molecule has 26 heavy (non-hydrogen) atoms. The van der Waals surface area contributed by atoms with E-state index in [0.717, 1.165) is 51.4 Å². The van der Waals surface area contributed by atoms with E-state index in [1.54, 1.807) is 6.07 Å². The lowest BCUT2D eigenvalue weighted by molar-refractivity contribution is -0.385. The van der Waals surface area contributed by atoms with Gasteiger partial charge in [0, 0.05) is 37.7 Å². The number of carbonyl (C=O) groups excluding carboxylic acids is 1. The Kier molecular flexibility index (Phi) is 6.03. The number of nitrogens with zero attached hydrogens (tertiary/aromatic N) is 4. The van der Waals surface area contributed by atoms with Gasteiger partial charge >= 0.3 is 0 Å². The van der Waals surface area contributed by atoms with Crippen LogP contribution < -0.4 is 10.2 Å². The number of carbonyl (C=O) groups is 1. The number of anilines is 1. The average Bonchev–Trinajstić information content (AvgIpc) is 3.14. The quantitative estimate of drug-likeness (QED) is 0.614. The van der Waals surface area contributed by atoms with Crippen molar-refractivity contribution in [1.29, 1.82) is 0 Å². The molecule has 142 valence electrons. The molecule has 8 nitrogen and oxygen atoms in total. The highest BCUT2D eigenvalue weighted by Crippen LogP contribution is 2.23. The second-order valence-corrected chi connectivity index (χ2v) is 7.06. The Morgan fingerprint density at radius 3 is 2.69 bits per heavy atom. The van der Waals surface area contributed by atoms with Gasteiger partial charge in [0.1, 0.15) is 12.0 Å². The molecule has 1 amide bonds. The van der Waals surface area contributed by atoms with E-state index >= 15 is 0 Å². The minimum atomic E-state index is -0.447. The zero-order valence-electron chi connectivity index (χ0n) is 15.3. The molecule has 0 radical (unpaired) electrons. The van der Waals surface area contributed by atoms with Crippen LogP contribution in [-0.2, 0) is 4.79 Å². The molecule has 0 bridgehead atoms. The zero-order valence-corrected chi connectivity index (χ0v) is 15.3. The fourth-order valence-corrected chi connectivity index (χ4v) is 3.95. The lowest BCUT2D eigenvalue weighted by atomic mass is 9.95. The summed E-state index contributed by atoms with van der Waals surface area (Å²) in [5.41, 5.74) is -0.00366. The van der Waals surface area contributed by atoms with E-state index in [9.17, 15) is 14.9 Å². The molecule has 0 aromatic carbocycles. The van der Waals surface area contributed by atoms with Gasteiger partial charge in [-0.1, -0.05) is 6.92 Å². The molecule has 8 heteroatoms. The van der Waals surface area contributed by atoms with Crippen LogP contribution in [0.5, 0.6) is 0 Å². The van der Waals surface area contributed by atoms with Gasteiger partial charge in [-0.15, -0.1) is 0 Å². The molecule has 0 saturated carbocycles. The summed E-state index contributed by atoms with van der Waals surface area (Å²) < 4.78 is 0. The average molecular weight is 361 g/mol. The number of amides is 1. The first-order valence-electron chi connectivity index (χ1n) is 9.45. The molecule has 1 N–H and O–H groups in total. The van der Waals surface area contributed by atoms with Gasteiger partial charge < -0.3 is 10.2 Å². The Morgan fingerprint density at radius 2 is 2.08 bits per heavy atom. The van der Waals surface area contributed by atoms with E-state index in [0.29, 0.717) is 6.04 Å². The van der Waals surface area contributed by atoms with E-state index in [-0.39, 0.29) is 17.5 Å². The monoisotopic (exact) mass is 361 g/mol. The number of hydrogen-bond acceptors (Lipinski definition) is 6. The number of nitro groups is 1. The number of hydrogen-bond donors (Lipinski definition) is 1. The first-order chi connectivity index (χ1) is 12.6. The smallest absolute Gasteiger partial charge is 0.287 e. The lowest BCUT2D eigenvalue weighted by Gasteiger charge is -2.32.